The highest BCUT2D eigenvalue weighted by molar-refractivity contribution is 9.09. The van der Waals surface area contributed by atoms with E-state index in [1.807, 2.05) is 17.8 Å². The molecule has 0 amide bonds. The van der Waals surface area contributed by atoms with Crippen molar-refractivity contribution in [2.75, 3.05) is 11.1 Å². The van der Waals surface area contributed by atoms with Gasteiger partial charge in [0.2, 0.25) is 0 Å². The average Bonchev–Trinajstić information content (AvgIpc) is 2.60. The Morgan fingerprint density at radius 3 is 2.87 bits per heavy atom. The minimum Gasteiger partial charge on any atom is -0.468 e. The van der Waals surface area contributed by atoms with Gasteiger partial charge in [0.05, 0.1) is 12.0 Å². The van der Waals surface area contributed by atoms with Crippen molar-refractivity contribution in [2.24, 2.45) is 5.92 Å². The highest BCUT2D eigenvalue weighted by Crippen LogP contribution is 2.20. The number of halogens is 1. The topological polar surface area (TPSA) is 13.1 Å². The zero-order chi connectivity index (χ0) is 11.1. The van der Waals surface area contributed by atoms with Gasteiger partial charge in [-0.15, -0.1) is 0 Å². The van der Waals surface area contributed by atoms with Gasteiger partial charge in [0, 0.05) is 5.33 Å². The SMILES string of the molecule is Cc1ccoc1CSCCC(C)CCBr. The van der Waals surface area contributed by atoms with Crippen molar-refractivity contribution in [1.82, 2.24) is 0 Å². The van der Waals surface area contributed by atoms with Crippen LogP contribution in [0.5, 0.6) is 0 Å². The van der Waals surface area contributed by atoms with Gasteiger partial charge in [-0.1, -0.05) is 22.9 Å². The first kappa shape index (κ1) is 13.2. The lowest BCUT2D eigenvalue weighted by atomic mass is 10.1. The zero-order valence-corrected chi connectivity index (χ0v) is 11.9. The van der Waals surface area contributed by atoms with Gasteiger partial charge in [0.15, 0.2) is 0 Å². The molecule has 1 aromatic rings. The van der Waals surface area contributed by atoms with Crippen molar-refractivity contribution < 1.29 is 4.42 Å². The standard InChI is InChI=1S/C12H19BrOS/c1-10(3-6-13)5-8-15-9-12-11(2)4-7-14-12/h4,7,10H,3,5-6,8-9H2,1-2H3. The second-order valence-corrected chi connectivity index (χ2v) is 5.85. The molecular weight excluding hydrogens is 272 g/mol. The van der Waals surface area contributed by atoms with Crippen molar-refractivity contribution in [3.05, 3.63) is 23.7 Å². The van der Waals surface area contributed by atoms with Gasteiger partial charge < -0.3 is 4.42 Å². The number of alkyl halides is 1. The molecule has 15 heavy (non-hydrogen) atoms. The Kier molecular flexibility index (Phi) is 6.50. The molecular formula is C12H19BrOS. The van der Waals surface area contributed by atoms with Crippen LogP contribution < -0.4 is 0 Å². The molecule has 0 aliphatic rings. The molecule has 0 spiro atoms. The maximum absolute atomic E-state index is 5.39. The quantitative estimate of drug-likeness (QED) is 0.536. The summed E-state index contributed by atoms with van der Waals surface area (Å²) in [6.07, 6.45) is 4.36. The fourth-order valence-corrected chi connectivity index (χ4v) is 3.31. The summed E-state index contributed by atoms with van der Waals surface area (Å²) in [7, 11) is 0. The minimum atomic E-state index is 0.828. The maximum Gasteiger partial charge on any atom is 0.116 e. The molecule has 0 aliphatic heterocycles. The first-order valence-corrected chi connectivity index (χ1v) is 7.68. The molecule has 0 aliphatic carbocycles. The van der Waals surface area contributed by atoms with Crippen LogP contribution >= 0.6 is 27.7 Å². The molecule has 0 bridgehead atoms. The normalized spacial score (nSPS) is 13.0. The molecule has 0 N–H and O–H groups in total. The molecule has 0 saturated carbocycles. The third-order valence-electron chi connectivity index (χ3n) is 2.56. The molecule has 0 saturated heterocycles. The Balaban J connectivity index is 2.09. The first-order chi connectivity index (χ1) is 7.24. The van der Waals surface area contributed by atoms with E-state index in [2.05, 4.69) is 29.8 Å². The van der Waals surface area contributed by atoms with E-state index in [0.29, 0.717) is 0 Å². The molecule has 0 fully saturated rings. The fraction of sp³-hybridized carbons (Fsp3) is 0.667. The Morgan fingerprint density at radius 1 is 1.47 bits per heavy atom. The van der Waals surface area contributed by atoms with Crippen molar-refractivity contribution in [2.45, 2.75) is 32.4 Å². The van der Waals surface area contributed by atoms with Crippen LogP contribution in [-0.4, -0.2) is 11.1 Å². The molecule has 1 atom stereocenters. The lowest BCUT2D eigenvalue weighted by Crippen LogP contribution is -1.97. The predicted molar refractivity (Wildman–Crippen MR) is 71.8 cm³/mol. The molecule has 1 heterocycles. The highest BCUT2D eigenvalue weighted by atomic mass is 79.9. The monoisotopic (exact) mass is 290 g/mol. The smallest absolute Gasteiger partial charge is 0.116 e. The number of hydrogen-bond acceptors (Lipinski definition) is 2. The summed E-state index contributed by atoms with van der Waals surface area (Å²) in [5.74, 6) is 4.21. The van der Waals surface area contributed by atoms with E-state index in [1.165, 1.54) is 24.2 Å². The molecule has 3 heteroatoms. The second kappa shape index (κ2) is 7.39. The van der Waals surface area contributed by atoms with Gasteiger partial charge in [0.1, 0.15) is 5.76 Å². The molecule has 86 valence electrons. The lowest BCUT2D eigenvalue weighted by molar-refractivity contribution is 0.527. The van der Waals surface area contributed by atoms with Crippen LogP contribution in [0.4, 0.5) is 0 Å². The van der Waals surface area contributed by atoms with E-state index in [-0.39, 0.29) is 0 Å². The number of hydrogen-bond donors (Lipinski definition) is 0. The average molecular weight is 291 g/mol. The summed E-state index contributed by atoms with van der Waals surface area (Å²) in [5.41, 5.74) is 1.27. The Hall–Kier alpha value is 0.110. The number of aryl methyl sites for hydroxylation is 1. The van der Waals surface area contributed by atoms with Gasteiger partial charge in [-0.05, 0) is 43.1 Å². The van der Waals surface area contributed by atoms with Gasteiger partial charge >= 0.3 is 0 Å². The van der Waals surface area contributed by atoms with E-state index < -0.39 is 0 Å². The summed E-state index contributed by atoms with van der Waals surface area (Å²) >= 11 is 5.45. The van der Waals surface area contributed by atoms with Crippen LogP contribution in [-0.2, 0) is 5.75 Å². The molecule has 1 rings (SSSR count). The summed E-state index contributed by atoms with van der Waals surface area (Å²) < 4.78 is 5.39. The summed E-state index contributed by atoms with van der Waals surface area (Å²) in [4.78, 5) is 0. The zero-order valence-electron chi connectivity index (χ0n) is 9.46. The third kappa shape index (κ3) is 5.12. The van der Waals surface area contributed by atoms with Crippen molar-refractivity contribution in [3.63, 3.8) is 0 Å². The molecule has 1 nitrogen and oxygen atoms in total. The lowest BCUT2D eigenvalue weighted by Gasteiger charge is -2.08. The molecule has 1 unspecified atom stereocenters. The van der Waals surface area contributed by atoms with Gasteiger partial charge in [-0.2, -0.15) is 11.8 Å². The first-order valence-electron chi connectivity index (χ1n) is 5.40. The molecule has 0 radical (unpaired) electrons. The largest absolute Gasteiger partial charge is 0.468 e. The van der Waals surface area contributed by atoms with Crippen LogP contribution in [0.1, 0.15) is 31.1 Å². The predicted octanol–water partition coefficient (Wildman–Crippen LogP) is 4.63. The number of thioether (sulfide) groups is 1. The summed E-state index contributed by atoms with van der Waals surface area (Å²) in [6, 6.07) is 2.03. The van der Waals surface area contributed by atoms with E-state index in [1.54, 1.807) is 6.26 Å². The summed E-state index contributed by atoms with van der Waals surface area (Å²) in [6.45, 7) is 4.42. The second-order valence-electron chi connectivity index (χ2n) is 3.95. The van der Waals surface area contributed by atoms with E-state index in [4.69, 9.17) is 4.42 Å². The van der Waals surface area contributed by atoms with Crippen LogP contribution in [0.25, 0.3) is 0 Å². The van der Waals surface area contributed by atoms with E-state index >= 15 is 0 Å². The Morgan fingerprint density at radius 2 is 2.27 bits per heavy atom. The van der Waals surface area contributed by atoms with Crippen LogP contribution in [0.2, 0.25) is 0 Å². The molecule has 1 aromatic heterocycles. The summed E-state index contributed by atoms with van der Waals surface area (Å²) in [5, 5.41) is 1.12. The van der Waals surface area contributed by atoms with E-state index in [9.17, 15) is 0 Å². The molecule has 0 aromatic carbocycles. The van der Waals surface area contributed by atoms with Gasteiger partial charge in [-0.3, -0.25) is 0 Å². The number of rotatable bonds is 7. The minimum absolute atomic E-state index is 0.828. The van der Waals surface area contributed by atoms with Crippen molar-refractivity contribution >= 4 is 27.7 Å². The number of furan rings is 1. The third-order valence-corrected chi connectivity index (χ3v) is 4.01. The van der Waals surface area contributed by atoms with Gasteiger partial charge in [0.25, 0.3) is 0 Å². The Bertz CT molecular complexity index is 272. The highest BCUT2D eigenvalue weighted by Gasteiger charge is 2.04. The van der Waals surface area contributed by atoms with Crippen molar-refractivity contribution in [1.29, 1.82) is 0 Å². The van der Waals surface area contributed by atoms with Crippen LogP contribution in [0, 0.1) is 12.8 Å². The van der Waals surface area contributed by atoms with Crippen LogP contribution in [0.3, 0.4) is 0 Å². The Labute approximate surface area is 105 Å². The van der Waals surface area contributed by atoms with Gasteiger partial charge in [-0.25, -0.2) is 0 Å². The van der Waals surface area contributed by atoms with E-state index in [0.717, 1.165) is 22.8 Å². The van der Waals surface area contributed by atoms with Crippen LogP contribution in [0.15, 0.2) is 16.7 Å². The maximum atomic E-state index is 5.39. The fourth-order valence-electron chi connectivity index (χ4n) is 1.33. The van der Waals surface area contributed by atoms with Crippen molar-refractivity contribution in [3.8, 4) is 0 Å².